The molecule has 6 rings (SSSR count). The van der Waals surface area contributed by atoms with Gasteiger partial charge in [-0.2, -0.15) is 0 Å². The molecule has 0 bridgehead atoms. The average molecular weight is 743 g/mol. The number of fused-ring (bicyclic) bond motifs is 4. The zero-order valence-corrected chi connectivity index (χ0v) is 33.4. The lowest BCUT2D eigenvalue weighted by Gasteiger charge is -2.38. The third-order valence-corrected chi connectivity index (χ3v) is 11.6. The molecule has 0 spiro atoms. The molecule has 2 aromatic carbocycles. The van der Waals surface area contributed by atoms with Crippen LogP contribution >= 0.6 is 0 Å². The molecule has 0 radical (unpaired) electrons. The summed E-state index contributed by atoms with van der Waals surface area (Å²) in [7, 11) is 3.17. The molecule has 4 aliphatic heterocycles. The summed E-state index contributed by atoms with van der Waals surface area (Å²) >= 11 is 0. The summed E-state index contributed by atoms with van der Waals surface area (Å²) in [6.07, 6.45) is 5.68. The first kappa shape index (κ1) is 39.2. The number of nitrogens with zero attached hydrogens (tertiary/aromatic N) is 4. The van der Waals surface area contributed by atoms with E-state index in [1.807, 2.05) is 28.1 Å². The van der Waals surface area contributed by atoms with Gasteiger partial charge in [0.25, 0.3) is 11.8 Å². The SMILES string of the molecule is C=C1CC2C=Nc3cc(OCC(C)(C)CCC(C)(C)CCOc4cc5c(cc4OC)C(=O)N4CC(=C)C[C@H]4[C@H](O)N5C(C)CC)c(OC)cc3C(=O)N2C1. The zero-order chi connectivity index (χ0) is 39.1. The van der Waals surface area contributed by atoms with Crippen molar-refractivity contribution in [2.75, 3.05) is 45.4 Å². The minimum Gasteiger partial charge on any atom is -0.493 e. The number of aliphatic hydroxyl groups is 1. The normalized spacial score (nSPS) is 21.6. The molecule has 0 saturated carbocycles. The monoisotopic (exact) mass is 742 g/mol. The second-order valence-electron chi connectivity index (χ2n) is 17.0. The van der Waals surface area contributed by atoms with Crippen LogP contribution in [0.1, 0.15) is 101 Å². The Balaban J connectivity index is 1.09. The fourth-order valence-electron chi connectivity index (χ4n) is 7.89. The van der Waals surface area contributed by atoms with E-state index < -0.39 is 6.23 Å². The molecule has 4 atom stereocenters. The Morgan fingerprint density at radius 3 is 2.13 bits per heavy atom. The number of methoxy groups -OCH3 is 2. The molecule has 0 aliphatic carbocycles. The molecule has 1 N–H and O–H groups in total. The minimum absolute atomic E-state index is 0.0115. The third kappa shape index (κ3) is 7.83. The van der Waals surface area contributed by atoms with Crippen molar-refractivity contribution < 1.29 is 33.6 Å². The van der Waals surface area contributed by atoms with E-state index in [-0.39, 0.29) is 40.8 Å². The number of hydrogen-bond donors (Lipinski definition) is 1. The number of carbonyl (C=O) groups is 2. The van der Waals surface area contributed by atoms with Crippen molar-refractivity contribution in [3.63, 3.8) is 0 Å². The summed E-state index contributed by atoms with van der Waals surface area (Å²) < 4.78 is 24.2. The molecule has 2 unspecified atom stereocenters. The molecule has 2 aromatic rings. The summed E-state index contributed by atoms with van der Waals surface area (Å²) in [5.74, 6) is 1.90. The molecule has 11 heteroatoms. The van der Waals surface area contributed by atoms with E-state index in [2.05, 4.69) is 59.7 Å². The first-order valence-corrected chi connectivity index (χ1v) is 19.2. The van der Waals surface area contributed by atoms with Crippen LogP contribution in [-0.2, 0) is 0 Å². The number of aliphatic hydroxyl groups excluding tert-OH is 1. The molecule has 11 nitrogen and oxygen atoms in total. The number of aliphatic imine (C=N–C) groups is 1. The fraction of sp³-hybridized carbons (Fsp3) is 0.558. The van der Waals surface area contributed by atoms with Crippen LogP contribution < -0.4 is 23.8 Å². The average Bonchev–Trinajstić information content (AvgIpc) is 3.68. The number of amides is 2. The molecular weight excluding hydrogens is 684 g/mol. The van der Waals surface area contributed by atoms with Gasteiger partial charge in [0.2, 0.25) is 0 Å². The van der Waals surface area contributed by atoms with Crippen molar-refractivity contribution in [3.8, 4) is 23.0 Å². The van der Waals surface area contributed by atoms with E-state index in [0.717, 1.165) is 43.3 Å². The molecule has 0 aromatic heterocycles. The molecule has 54 heavy (non-hydrogen) atoms. The highest BCUT2D eigenvalue weighted by atomic mass is 16.5. The second kappa shape index (κ2) is 15.3. The van der Waals surface area contributed by atoms with Gasteiger partial charge in [0.15, 0.2) is 23.0 Å². The van der Waals surface area contributed by atoms with Crippen LogP contribution in [-0.4, -0.2) is 97.8 Å². The van der Waals surface area contributed by atoms with Crippen molar-refractivity contribution >= 4 is 29.4 Å². The minimum atomic E-state index is -0.869. The number of benzene rings is 2. The maximum absolute atomic E-state index is 13.8. The molecule has 4 heterocycles. The summed E-state index contributed by atoms with van der Waals surface area (Å²) in [4.78, 5) is 37.4. The van der Waals surface area contributed by atoms with Gasteiger partial charge < -0.3 is 38.8 Å². The van der Waals surface area contributed by atoms with Gasteiger partial charge >= 0.3 is 0 Å². The van der Waals surface area contributed by atoms with Crippen molar-refractivity contribution in [3.05, 3.63) is 59.7 Å². The highest BCUT2D eigenvalue weighted by molar-refractivity contribution is 6.04. The van der Waals surface area contributed by atoms with Crippen molar-refractivity contribution in [1.29, 1.82) is 0 Å². The largest absolute Gasteiger partial charge is 0.493 e. The number of hydrogen-bond acceptors (Lipinski definition) is 9. The van der Waals surface area contributed by atoms with E-state index in [0.29, 0.717) is 78.2 Å². The molecule has 2 fully saturated rings. The topological polar surface area (TPSA) is 113 Å². The Bertz CT molecular complexity index is 1830. The van der Waals surface area contributed by atoms with Crippen LogP contribution in [0.2, 0.25) is 0 Å². The molecule has 4 aliphatic rings. The summed E-state index contributed by atoms with van der Waals surface area (Å²) in [6.45, 7) is 23.1. The first-order valence-electron chi connectivity index (χ1n) is 19.2. The van der Waals surface area contributed by atoms with Gasteiger partial charge in [0.1, 0.15) is 6.23 Å². The van der Waals surface area contributed by atoms with E-state index in [9.17, 15) is 14.7 Å². The Kier molecular flexibility index (Phi) is 11.1. The predicted octanol–water partition coefficient (Wildman–Crippen LogP) is 7.58. The molecule has 292 valence electrons. The first-order chi connectivity index (χ1) is 25.6. The van der Waals surface area contributed by atoms with Gasteiger partial charge in [-0.05, 0) is 68.4 Å². The Morgan fingerprint density at radius 1 is 0.833 bits per heavy atom. The molecule has 2 saturated heterocycles. The van der Waals surface area contributed by atoms with E-state index in [1.165, 1.54) is 0 Å². The van der Waals surface area contributed by atoms with Gasteiger partial charge in [0.05, 0.1) is 62.0 Å². The van der Waals surface area contributed by atoms with Gasteiger partial charge in [-0.3, -0.25) is 14.6 Å². The van der Waals surface area contributed by atoms with Crippen molar-refractivity contribution in [2.24, 2.45) is 15.8 Å². The number of ether oxygens (including phenoxy) is 4. The van der Waals surface area contributed by atoms with E-state index in [1.54, 1.807) is 31.3 Å². The lowest BCUT2D eigenvalue weighted by molar-refractivity contribution is 0.0492. The number of anilines is 1. The molecular formula is C43H58N4O7. The Labute approximate surface area is 320 Å². The zero-order valence-electron chi connectivity index (χ0n) is 33.4. The summed E-state index contributed by atoms with van der Waals surface area (Å²) in [5, 5.41) is 11.6. The lowest BCUT2D eigenvalue weighted by atomic mass is 9.78. The second-order valence-corrected chi connectivity index (χ2v) is 17.0. The van der Waals surface area contributed by atoms with Crippen LogP contribution in [0, 0.1) is 10.8 Å². The fourth-order valence-corrected chi connectivity index (χ4v) is 7.89. The number of rotatable bonds is 14. The maximum Gasteiger partial charge on any atom is 0.257 e. The van der Waals surface area contributed by atoms with Crippen molar-refractivity contribution in [1.82, 2.24) is 9.80 Å². The quantitative estimate of drug-likeness (QED) is 0.197. The smallest absolute Gasteiger partial charge is 0.257 e. The van der Waals surface area contributed by atoms with Crippen LogP contribution in [0.5, 0.6) is 23.0 Å². The Morgan fingerprint density at radius 2 is 1.44 bits per heavy atom. The van der Waals surface area contributed by atoms with Crippen LogP contribution in [0.15, 0.2) is 53.6 Å². The standard InChI is InChI=1S/C43H58N4O7/c1-11-28(4)47-33-21-38(36(52-10)19-31(33)40(49)46-24-27(3)17-34(46)41(47)50)53-15-14-42(5,6)12-13-43(7,8)25-54-37-20-32-30(18-35(37)51-9)39(48)45-23-26(2)16-29(45)22-44-32/h18-22,28-29,34,41,50H,2-3,11-17,23-25H2,1,4-10H3/t28?,29?,34-,41-/m0/s1. The predicted molar refractivity (Wildman–Crippen MR) is 212 cm³/mol. The maximum atomic E-state index is 13.8. The van der Waals surface area contributed by atoms with Crippen LogP contribution in [0.25, 0.3) is 0 Å². The lowest BCUT2D eigenvalue weighted by Crippen LogP contribution is -2.51. The Hall–Kier alpha value is -4.51. The van der Waals surface area contributed by atoms with Gasteiger partial charge in [-0.1, -0.05) is 58.9 Å². The summed E-state index contributed by atoms with van der Waals surface area (Å²) in [5.41, 5.74) is 4.01. The van der Waals surface area contributed by atoms with Gasteiger partial charge in [-0.15, -0.1) is 0 Å². The molecule has 2 amide bonds. The van der Waals surface area contributed by atoms with Gasteiger partial charge in [0, 0.05) is 37.5 Å². The highest BCUT2D eigenvalue weighted by Crippen LogP contribution is 2.44. The van der Waals surface area contributed by atoms with Crippen LogP contribution in [0.4, 0.5) is 11.4 Å². The summed E-state index contributed by atoms with van der Waals surface area (Å²) in [6, 6.07) is 6.73. The number of carbonyl (C=O) groups excluding carboxylic acids is 2. The van der Waals surface area contributed by atoms with Gasteiger partial charge in [-0.25, -0.2) is 0 Å². The van der Waals surface area contributed by atoms with Crippen LogP contribution in [0.3, 0.4) is 0 Å². The van der Waals surface area contributed by atoms with E-state index in [4.69, 9.17) is 18.9 Å². The third-order valence-electron chi connectivity index (χ3n) is 11.6. The van der Waals surface area contributed by atoms with Crippen molar-refractivity contribution in [2.45, 2.75) is 104 Å². The highest BCUT2D eigenvalue weighted by Gasteiger charge is 2.45. The van der Waals surface area contributed by atoms with E-state index >= 15 is 0 Å².